The van der Waals surface area contributed by atoms with Crippen LogP contribution in [0.1, 0.15) is 5.01 Å². The van der Waals surface area contributed by atoms with Crippen molar-refractivity contribution in [3.05, 3.63) is 29.3 Å². The highest BCUT2D eigenvalue weighted by atomic mass is 32.1. The number of hydrogen-bond acceptors (Lipinski definition) is 5. The lowest BCUT2D eigenvalue weighted by Gasteiger charge is -2.32. The van der Waals surface area contributed by atoms with Gasteiger partial charge in [0.1, 0.15) is 5.01 Å². The molecule has 0 amide bonds. The summed E-state index contributed by atoms with van der Waals surface area (Å²) in [5.41, 5.74) is 4.58. The Morgan fingerprint density at radius 3 is 2.78 bits per heavy atom. The summed E-state index contributed by atoms with van der Waals surface area (Å²) in [6, 6.07) is 8.31. The number of aromatic nitrogens is 1. The molecule has 1 aromatic heterocycles. The summed E-state index contributed by atoms with van der Waals surface area (Å²) < 4.78 is 1.27. The van der Waals surface area contributed by atoms with Crippen LogP contribution in [-0.2, 0) is 6.54 Å². The SMILES string of the molecule is CN1CCN(NCc2nc3ccccc3s2)CC1. The number of hydrazine groups is 1. The average Bonchev–Trinajstić information content (AvgIpc) is 2.81. The minimum Gasteiger partial charge on any atom is -0.304 e. The Kier molecular flexibility index (Phi) is 3.56. The topological polar surface area (TPSA) is 31.4 Å². The van der Waals surface area contributed by atoms with Gasteiger partial charge in [0.15, 0.2) is 0 Å². The smallest absolute Gasteiger partial charge is 0.109 e. The molecule has 2 heterocycles. The van der Waals surface area contributed by atoms with E-state index in [-0.39, 0.29) is 0 Å². The van der Waals surface area contributed by atoms with Crippen molar-refractivity contribution in [1.29, 1.82) is 0 Å². The highest BCUT2D eigenvalue weighted by Gasteiger charge is 2.13. The van der Waals surface area contributed by atoms with E-state index in [0.29, 0.717) is 0 Å². The highest BCUT2D eigenvalue weighted by molar-refractivity contribution is 7.18. The fourth-order valence-corrected chi connectivity index (χ4v) is 3.04. The molecule has 2 aromatic rings. The Hall–Kier alpha value is -1.01. The van der Waals surface area contributed by atoms with Crippen molar-refractivity contribution in [2.75, 3.05) is 33.2 Å². The molecule has 0 aliphatic carbocycles. The Balaban J connectivity index is 1.59. The third-order valence-corrected chi connectivity index (χ3v) is 4.33. The van der Waals surface area contributed by atoms with E-state index in [9.17, 15) is 0 Å². The second-order valence-electron chi connectivity index (χ2n) is 4.70. The molecule has 1 aliphatic rings. The normalized spacial score (nSPS) is 18.5. The zero-order chi connectivity index (χ0) is 12.4. The molecule has 3 rings (SSSR count). The molecular weight excluding hydrogens is 244 g/mol. The van der Waals surface area contributed by atoms with Crippen molar-refractivity contribution >= 4 is 21.6 Å². The van der Waals surface area contributed by atoms with Crippen molar-refractivity contribution in [2.45, 2.75) is 6.54 Å². The van der Waals surface area contributed by atoms with E-state index in [0.717, 1.165) is 43.2 Å². The monoisotopic (exact) mass is 262 g/mol. The van der Waals surface area contributed by atoms with Crippen LogP contribution < -0.4 is 5.43 Å². The van der Waals surface area contributed by atoms with Gasteiger partial charge in [-0.15, -0.1) is 11.3 Å². The molecule has 18 heavy (non-hydrogen) atoms. The molecule has 1 N–H and O–H groups in total. The molecule has 0 bridgehead atoms. The van der Waals surface area contributed by atoms with E-state index < -0.39 is 0 Å². The summed E-state index contributed by atoms with van der Waals surface area (Å²) in [5, 5.41) is 3.46. The molecule has 1 fully saturated rings. The lowest BCUT2D eigenvalue weighted by Crippen LogP contribution is -2.50. The van der Waals surface area contributed by atoms with E-state index in [4.69, 9.17) is 0 Å². The van der Waals surface area contributed by atoms with Gasteiger partial charge in [-0.05, 0) is 19.2 Å². The minimum absolute atomic E-state index is 0.836. The quantitative estimate of drug-likeness (QED) is 0.909. The fourth-order valence-electron chi connectivity index (χ4n) is 2.14. The maximum Gasteiger partial charge on any atom is 0.109 e. The van der Waals surface area contributed by atoms with E-state index in [1.54, 1.807) is 11.3 Å². The number of piperazine rings is 1. The first kappa shape index (κ1) is 12.0. The first-order valence-corrected chi connectivity index (χ1v) is 7.14. The molecule has 1 saturated heterocycles. The van der Waals surface area contributed by atoms with E-state index >= 15 is 0 Å². The van der Waals surface area contributed by atoms with Gasteiger partial charge < -0.3 is 4.90 Å². The molecule has 96 valence electrons. The zero-order valence-electron chi connectivity index (χ0n) is 10.6. The van der Waals surface area contributed by atoms with Crippen LogP contribution in [0.15, 0.2) is 24.3 Å². The van der Waals surface area contributed by atoms with Crippen LogP contribution in [0, 0.1) is 0 Å². The molecule has 0 atom stereocenters. The fraction of sp³-hybridized carbons (Fsp3) is 0.462. The van der Waals surface area contributed by atoms with Gasteiger partial charge in [-0.2, -0.15) is 0 Å². The molecule has 1 aliphatic heterocycles. The van der Waals surface area contributed by atoms with Gasteiger partial charge in [-0.3, -0.25) is 0 Å². The summed E-state index contributed by atoms with van der Waals surface area (Å²) in [6.07, 6.45) is 0. The number of hydrogen-bond donors (Lipinski definition) is 1. The number of rotatable bonds is 3. The highest BCUT2D eigenvalue weighted by Crippen LogP contribution is 2.21. The number of para-hydroxylation sites is 1. The Labute approximate surface area is 111 Å². The number of benzene rings is 1. The zero-order valence-corrected chi connectivity index (χ0v) is 11.4. The molecule has 0 unspecified atom stereocenters. The Morgan fingerprint density at radius 1 is 1.22 bits per heavy atom. The van der Waals surface area contributed by atoms with Crippen LogP contribution in [0.5, 0.6) is 0 Å². The van der Waals surface area contributed by atoms with Crippen molar-refractivity contribution < 1.29 is 0 Å². The third-order valence-electron chi connectivity index (χ3n) is 3.30. The van der Waals surface area contributed by atoms with E-state index in [2.05, 4.69) is 45.6 Å². The lowest BCUT2D eigenvalue weighted by molar-refractivity contribution is 0.102. The summed E-state index contributed by atoms with van der Waals surface area (Å²) in [4.78, 5) is 6.99. The first-order chi connectivity index (χ1) is 8.81. The number of thiazole rings is 1. The molecule has 0 radical (unpaired) electrons. The Morgan fingerprint density at radius 2 is 2.00 bits per heavy atom. The Bertz CT molecular complexity index is 483. The largest absolute Gasteiger partial charge is 0.304 e. The molecular formula is C13H18N4S. The van der Waals surface area contributed by atoms with Gasteiger partial charge in [0.25, 0.3) is 0 Å². The molecule has 5 heteroatoms. The van der Waals surface area contributed by atoms with Crippen LogP contribution in [-0.4, -0.2) is 48.1 Å². The van der Waals surface area contributed by atoms with Crippen molar-refractivity contribution in [2.24, 2.45) is 0 Å². The first-order valence-electron chi connectivity index (χ1n) is 6.33. The summed E-state index contributed by atoms with van der Waals surface area (Å²) in [6.45, 7) is 5.27. The molecule has 0 spiro atoms. The van der Waals surface area contributed by atoms with Crippen LogP contribution in [0.4, 0.5) is 0 Å². The van der Waals surface area contributed by atoms with Crippen LogP contribution in [0.3, 0.4) is 0 Å². The van der Waals surface area contributed by atoms with Gasteiger partial charge >= 0.3 is 0 Å². The number of fused-ring (bicyclic) bond motifs is 1. The second kappa shape index (κ2) is 5.32. The molecule has 1 aromatic carbocycles. The van der Waals surface area contributed by atoms with Crippen LogP contribution in [0.25, 0.3) is 10.2 Å². The maximum absolute atomic E-state index is 4.63. The summed E-state index contributed by atoms with van der Waals surface area (Å²) in [7, 11) is 2.17. The minimum atomic E-state index is 0.836. The van der Waals surface area contributed by atoms with E-state index in [1.807, 2.05) is 6.07 Å². The van der Waals surface area contributed by atoms with Crippen LogP contribution in [0.2, 0.25) is 0 Å². The van der Waals surface area contributed by atoms with E-state index in [1.165, 1.54) is 4.70 Å². The van der Waals surface area contributed by atoms with Gasteiger partial charge in [0, 0.05) is 26.2 Å². The van der Waals surface area contributed by atoms with Crippen LogP contribution >= 0.6 is 11.3 Å². The molecule has 0 saturated carbocycles. The summed E-state index contributed by atoms with van der Waals surface area (Å²) >= 11 is 1.78. The lowest BCUT2D eigenvalue weighted by atomic mass is 10.3. The summed E-state index contributed by atoms with van der Waals surface area (Å²) in [5.74, 6) is 0. The average molecular weight is 262 g/mol. The van der Waals surface area contributed by atoms with Gasteiger partial charge in [0.2, 0.25) is 0 Å². The predicted molar refractivity (Wildman–Crippen MR) is 75.5 cm³/mol. The third kappa shape index (κ3) is 2.70. The van der Waals surface area contributed by atoms with Crippen molar-refractivity contribution in [1.82, 2.24) is 20.3 Å². The maximum atomic E-state index is 4.63. The van der Waals surface area contributed by atoms with Crippen molar-refractivity contribution in [3.8, 4) is 0 Å². The predicted octanol–water partition coefficient (Wildman–Crippen LogP) is 1.55. The number of likely N-dealkylation sites (N-methyl/N-ethyl adjacent to an activating group) is 1. The van der Waals surface area contributed by atoms with Gasteiger partial charge in [-0.1, -0.05) is 12.1 Å². The number of nitrogens with one attached hydrogen (secondary N) is 1. The van der Waals surface area contributed by atoms with Crippen molar-refractivity contribution in [3.63, 3.8) is 0 Å². The standard InChI is InChI=1S/C13H18N4S/c1-16-6-8-17(9-7-16)14-10-13-15-11-4-2-3-5-12(11)18-13/h2-5,14H,6-10H2,1H3. The number of nitrogens with zero attached hydrogens (tertiary/aromatic N) is 3. The van der Waals surface area contributed by atoms with Gasteiger partial charge in [0.05, 0.1) is 16.8 Å². The molecule has 4 nitrogen and oxygen atoms in total. The van der Waals surface area contributed by atoms with Gasteiger partial charge in [-0.25, -0.2) is 15.4 Å². The second-order valence-corrected chi connectivity index (χ2v) is 5.82.